The zero-order valence-electron chi connectivity index (χ0n) is 12.8. The Morgan fingerprint density at radius 2 is 2.10 bits per heavy atom. The number of hydrogen-bond acceptors (Lipinski definition) is 4. The monoisotopic (exact) mass is 288 g/mol. The van der Waals surface area contributed by atoms with Crippen molar-refractivity contribution in [1.29, 1.82) is 0 Å². The van der Waals surface area contributed by atoms with E-state index in [4.69, 9.17) is 5.73 Å². The van der Waals surface area contributed by atoms with Crippen LogP contribution in [0.3, 0.4) is 0 Å². The topological polar surface area (TPSA) is 71.2 Å². The number of nitrogens with two attached hydrogens (primary N) is 1. The van der Waals surface area contributed by atoms with E-state index >= 15 is 0 Å². The lowest BCUT2D eigenvalue weighted by Crippen LogP contribution is -2.43. The van der Waals surface area contributed by atoms with Crippen LogP contribution in [0.15, 0.2) is 12.3 Å². The first kappa shape index (κ1) is 14.3. The van der Waals surface area contributed by atoms with E-state index in [1.165, 1.54) is 25.7 Å². The number of carbonyl (C=O) groups is 1. The predicted octanol–water partition coefficient (Wildman–Crippen LogP) is 1.57. The number of carbonyl (C=O) groups excluding carboxylic acids is 1. The van der Waals surface area contributed by atoms with E-state index in [1.54, 1.807) is 12.3 Å². The van der Waals surface area contributed by atoms with Gasteiger partial charge in [-0.15, -0.1) is 0 Å². The first-order valence-electron chi connectivity index (χ1n) is 7.77. The summed E-state index contributed by atoms with van der Waals surface area (Å²) in [5, 5.41) is 3.07. The molecule has 2 fully saturated rings. The number of nitrogens with one attached hydrogen (secondary N) is 1. The number of nitrogens with zero attached hydrogens (tertiary/aromatic N) is 2. The van der Waals surface area contributed by atoms with Crippen molar-refractivity contribution in [3.63, 3.8) is 0 Å². The molecule has 2 saturated heterocycles. The molecule has 3 heterocycles. The van der Waals surface area contributed by atoms with E-state index in [1.807, 2.05) is 6.92 Å². The number of fused-ring (bicyclic) bond motifs is 2. The highest BCUT2D eigenvalue weighted by Crippen LogP contribution is 2.37. The number of aromatic nitrogens is 1. The zero-order chi connectivity index (χ0) is 15.0. The van der Waals surface area contributed by atoms with Crippen LogP contribution in [0.25, 0.3) is 0 Å². The van der Waals surface area contributed by atoms with E-state index in [9.17, 15) is 4.79 Å². The fraction of sp³-hybridized carbons (Fsp3) is 0.625. The summed E-state index contributed by atoms with van der Waals surface area (Å²) in [4.78, 5) is 19.0. The predicted molar refractivity (Wildman–Crippen MR) is 83.0 cm³/mol. The second-order valence-electron chi connectivity index (χ2n) is 6.50. The number of rotatable bonds is 3. The molecule has 21 heavy (non-hydrogen) atoms. The second kappa shape index (κ2) is 5.64. The Morgan fingerprint density at radius 1 is 1.43 bits per heavy atom. The van der Waals surface area contributed by atoms with Crippen molar-refractivity contribution in [3.05, 3.63) is 23.5 Å². The molecule has 0 saturated carbocycles. The van der Waals surface area contributed by atoms with Crippen LogP contribution in [0.2, 0.25) is 0 Å². The molecule has 0 radical (unpaired) electrons. The van der Waals surface area contributed by atoms with Crippen LogP contribution in [0.4, 0.5) is 5.69 Å². The van der Waals surface area contributed by atoms with Gasteiger partial charge in [-0.25, -0.2) is 0 Å². The van der Waals surface area contributed by atoms with E-state index < -0.39 is 0 Å². The van der Waals surface area contributed by atoms with Gasteiger partial charge >= 0.3 is 0 Å². The highest BCUT2D eigenvalue weighted by Gasteiger charge is 2.38. The molecule has 3 rings (SSSR count). The lowest BCUT2D eigenvalue weighted by Gasteiger charge is -2.36. The smallest absolute Gasteiger partial charge is 0.253 e. The van der Waals surface area contributed by atoms with E-state index in [2.05, 4.69) is 22.2 Å². The van der Waals surface area contributed by atoms with E-state index in [-0.39, 0.29) is 5.91 Å². The van der Waals surface area contributed by atoms with Gasteiger partial charge in [-0.1, -0.05) is 0 Å². The van der Waals surface area contributed by atoms with Gasteiger partial charge in [0.2, 0.25) is 0 Å². The van der Waals surface area contributed by atoms with Gasteiger partial charge in [0.25, 0.3) is 5.91 Å². The molecule has 3 N–H and O–H groups in total. The Hall–Kier alpha value is -1.62. The number of pyridine rings is 1. The number of hydrogen-bond donors (Lipinski definition) is 2. The Labute approximate surface area is 125 Å². The van der Waals surface area contributed by atoms with Gasteiger partial charge in [-0.05, 0) is 51.6 Å². The molecule has 0 spiro atoms. The van der Waals surface area contributed by atoms with Crippen molar-refractivity contribution in [2.75, 3.05) is 19.3 Å². The molecule has 5 heteroatoms. The average molecular weight is 288 g/mol. The normalized spacial score (nSPS) is 28.6. The minimum atomic E-state index is -0.0569. The summed E-state index contributed by atoms with van der Waals surface area (Å²) < 4.78 is 0. The average Bonchev–Trinajstić information content (AvgIpc) is 2.69. The summed E-state index contributed by atoms with van der Waals surface area (Å²) in [7, 11) is 2.24. The molecule has 2 bridgehead atoms. The SMILES string of the molecule is Cc1ncc(N)cc1C(=O)NCC1CC2CCC(C1)N2C. The van der Waals surface area contributed by atoms with Crippen molar-refractivity contribution >= 4 is 11.6 Å². The largest absolute Gasteiger partial charge is 0.397 e. The van der Waals surface area contributed by atoms with Crippen LogP contribution in [0, 0.1) is 12.8 Å². The Kier molecular flexibility index (Phi) is 3.85. The van der Waals surface area contributed by atoms with Gasteiger partial charge in [-0.2, -0.15) is 0 Å². The first-order valence-corrected chi connectivity index (χ1v) is 7.77. The molecule has 1 aromatic heterocycles. The van der Waals surface area contributed by atoms with Gasteiger partial charge in [-0.3, -0.25) is 9.78 Å². The first-order chi connectivity index (χ1) is 10.0. The third-order valence-corrected chi connectivity index (χ3v) is 5.10. The Bertz CT molecular complexity index is 531. The molecule has 114 valence electrons. The third-order valence-electron chi connectivity index (χ3n) is 5.10. The van der Waals surface area contributed by atoms with Gasteiger partial charge < -0.3 is 16.0 Å². The maximum absolute atomic E-state index is 12.3. The van der Waals surface area contributed by atoms with Crippen LogP contribution < -0.4 is 11.1 Å². The molecular weight excluding hydrogens is 264 g/mol. The van der Waals surface area contributed by atoms with Gasteiger partial charge in [0.1, 0.15) is 0 Å². The highest BCUT2D eigenvalue weighted by molar-refractivity contribution is 5.95. The minimum absolute atomic E-state index is 0.0569. The summed E-state index contributed by atoms with van der Waals surface area (Å²) in [5.74, 6) is 0.538. The van der Waals surface area contributed by atoms with Crippen LogP contribution in [-0.2, 0) is 0 Å². The molecule has 1 amide bonds. The minimum Gasteiger partial charge on any atom is -0.397 e. The summed E-state index contributed by atoms with van der Waals surface area (Å²) >= 11 is 0. The third kappa shape index (κ3) is 2.88. The van der Waals surface area contributed by atoms with Gasteiger partial charge in [0, 0.05) is 18.6 Å². The van der Waals surface area contributed by atoms with Crippen molar-refractivity contribution in [2.24, 2.45) is 5.92 Å². The van der Waals surface area contributed by atoms with E-state index in [0.29, 0.717) is 29.3 Å². The van der Waals surface area contributed by atoms with Crippen molar-refractivity contribution in [3.8, 4) is 0 Å². The van der Waals surface area contributed by atoms with Crippen LogP contribution in [0.1, 0.15) is 41.7 Å². The molecule has 2 aliphatic rings. The number of aryl methyl sites for hydroxylation is 1. The summed E-state index contributed by atoms with van der Waals surface area (Å²) in [5.41, 5.74) is 7.56. The van der Waals surface area contributed by atoms with Crippen molar-refractivity contribution in [1.82, 2.24) is 15.2 Å². The number of anilines is 1. The molecule has 0 aliphatic carbocycles. The summed E-state index contributed by atoms with van der Waals surface area (Å²) in [6, 6.07) is 3.12. The summed E-state index contributed by atoms with van der Waals surface area (Å²) in [6.45, 7) is 2.60. The molecule has 2 unspecified atom stereocenters. The van der Waals surface area contributed by atoms with Crippen LogP contribution in [0.5, 0.6) is 0 Å². The highest BCUT2D eigenvalue weighted by atomic mass is 16.1. The fourth-order valence-electron chi connectivity index (χ4n) is 3.80. The van der Waals surface area contributed by atoms with E-state index in [0.717, 1.165) is 12.2 Å². The number of amides is 1. The maximum Gasteiger partial charge on any atom is 0.253 e. The lowest BCUT2D eigenvalue weighted by atomic mass is 9.91. The standard InChI is InChI=1S/C16H24N4O/c1-10-15(7-12(17)9-18-10)16(21)19-8-11-5-13-3-4-14(6-11)20(13)2/h7,9,11,13-14H,3-6,8,17H2,1-2H3,(H,19,21). The number of nitrogen functional groups attached to an aromatic ring is 1. The molecule has 1 aromatic rings. The maximum atomic E-state index is 12.3. The Balaban J connectivity index is 1.58. The summed E-state index contributed by atoms with van der Waals surface area (Å²) in [6.07, 6.45) is 6.59. The molecular formula is C16H24N4O. The Morgan fingerprint density at radius 3 is 2.76 bits per heavy atom. The number of piperidine rings is 1. The lowest BCUT2D eigenvalue weighted by molar-refractivity contribution is 0.0916. The van der Waals surface area contributed by atoms with Crippen LogP contribution in [-0.4, -0.2) is 41.5 Å². The molecule has 2 atom stereocenters. The van der Waals surface area contributed by atoms with Crippen molar-refractivity contribution < 1.29 is 4.79 Å². The molecule has 0 aromatic carbocycles. The van der Waals surface area contributed by atoms with Crippen LogP contribution >= 0.6 is 0 Å². The van der Waals surface area contributed by atoms with Gasteiger partial charge in [0.05, 0.1) is 23.1 Å². The second-order valence-corrected chi connectivity index (χ2v) is 6.50. The zero-order valence-corrected chi connectivity index (χ0v) is 12.8. The quantitative estimate of drug-likeness (QED) is 0.886. The van der Waals surface area contributed by atoms with Crippen molar-refractivity contribution in [2.45, 2.75) is 44.7 Å². The fourth-order valence-corrected chi connectivity index (χ4v) is 3.80. The molecule has 5 nitrogen and oxygen atoms in total. The molecule has 2 aliphatic heterocycles. The van der Waals surface area contributed by atoms with Gasteiger partial charge in [0.15, 0.2) is 0 Å².